The normalized spacial score (nSPS) is 13.5. The minimum absolute atomic E-state index is 0.164. The number of nitrogens with zero attached hydrogens (tertiary/aromatic N) is 1. The Morgan fingerprint density at radius 2 is 2.31 bits per heavy atom. The van der Waals surface area contributed by atoms with E-state index in [1.54, 1.807) is 12.4 Å². The number of hydrogen-bond donors (Lipinski definition) is 2. The first-order valence-corrected chi connectivity index (χ1v) is 4.51. The van der Waals surface area contributed by atoms with Crippen molar-refractivity contribution in [1.29, 1.82) is 0 Å². The van der Waals surface area contributed by atoms with Crippen molar-refractivity contribution in [2.24, 2.45) is 5.92 Å². The molecule has 0 aliphatic heterocycles. The molecule has 0 aromatic carbocycles. The summed E-state index contributed by atoms with van der Waals surface area (Å²) in [7, 11) is 0. The first-order chi connectivity index (χ1) is 6.09. The average Bonchev–Trinajstić information content (AvgIpc) is 2.34. The molecule has 4 heteroatoms. The van der Waals surface area contributed by atoms with Gasteiger partial charge in [0.15, 0.2) is 0 Å². The summed E-state index contributed by atoms with van der Waals surface area (Å²) in [6.07, 6.45) is 3.50. The first kappa shape index (κ1) is 10.1. The van der Waals surface area contributed by atoms with Gasteiger partial charge < -0.3 is 10.1 Å². The number of rotatable bonds is 4. The molecule has 13 heavy (non-hydrogen) atoms. The zero-order chi connectivity index (χ0) is 9.84. The minimum atomic E-state index is -0.437. The Kier molecular flexibility index (Phi) is 3.31. The highest BCUT2D eigenvalue weighted by atomic mass is 16.3. The van der Waals surface area contributed by atoms with Gasteiger partial charge >= 0.3 is 5.69 Å². The summed E-state index contributed by atoms with van der Waals surface area (Å²) in [6, 6.07) is 0. The molecule has 1 unspecified atom stereocenters. The van der Waals surface area contributed by atoms with Crippen LogP contribution < -0.4 is 5.69 Å². The van der Waals surface area contributed by atoms with Crippen LogP contribution in [0.2, 0.25) is 0 Å². The fourth-order valence-corrected chi connectivity index (χ4v) is 1.34. The van der Waals surface area contributed by atoms with Gasteiger partial charge in [-0.1, -0.05) is 13.8 Å². The maximum Gasteiger partial charge on any atom is 0.325 e. The highest BCUT2D eigenvalue weighted by Gasteiger charge is 2.08. The average molecular weight is 184 g/mol. The predicted octanol–water partition coefficient (Wildman–Crippen LogP) is 0.583. The van der Waals surface area contributed by atoms with Gasteiger partial charge in [-0.15, -0.1) is 0 Å². The van der Waals surface area contributed by atoms with E-state index in [1.807, 2.05) is 13.8 Å². The topological polar surface area (TPSA) is 58.0 Å². The van der Waals surface area contributed by atoms with Crippen LogP contribution in [0.3, 0.4) is 0 Å². The van der Waals surface area contributed by atoms with Crippen molar-refractivity contribution in [3.05, 3.63) is 22.9 Å². The molecule has 0 fully saturated rings. The van der Waals surface area contributed by atoms with Gasteiger partial charge in [-0.05, 0) is 12.3 Å². The van der Waals surface area contributed by atoms with Crippen LogP contribution in [0.15, 0.2) is 17.2 Å². The smallest absolute Gasteiger partial charge is 0.325 e. The van der Waals surface area contributed by atoms with E-state index < -0.39 is 6.10 Å². The largest absolute Gasteiger partial charge is 0.391 e. The summed E-state index contributed by atoms with van der Waals surface area (Å²) in [5.74, 6) is 0.449. The zero-order valence-electron chi connectivity index (χ0n) is 8.03. The third-order valence-corrected chi connectivity index (χ3v) is 1.87. The minimum Gasteiger partial charge on any atom is -0.391 e. The Balaban J connectivity index is 2.50. The van der Waals surface area contributed by atoms with Crippen molar-refractivity contribution in [3.63, 3.8) is 0 Å². The number of aliphatic hydroxyl groups excluding tert-OH is 1. The molecule has 0 amide bonds. The van der Waals surface area contributed by atoms with Gasteiger partial charge in [0.1, 0.15) is 0 Å². The van der Waals surface area contributed by atoms with Gasteiger partial charge in [-0.2, -0.15) is 0 Å². The second-order valence-corrected chi connectivity index (χ2v) is 3.70. The lowest BCUT2D eigenvalue weighted by Crippen LogP contribution is -2.25. The van der Waals surface area contributed by atoms with Crippen LogP contribution in [0.5, 0.6) is 0 Å². The molecule has 1 heterocycles. The van der Waals surface area contributed by atoms with Crippen LogP contribution in [0, 0.1) is 5.92 Å². The van der Waals surface area contributed by atoms with Gasteiger partial charge in [-0.25, -0.2) is 4.79 Å². The SMILES string of the molecule is CC(C)CC(O)Cn1cc[nH]c1=O. The summed E-state index contributed by atoms with van der Waals surface area (Å²) in [5.41, 5.74) is -0.164. The van der Waals surface area contributed by atoms with Crippen molar-refractivity contribution >= 4 is 0 Å². The number of aromatic nitrogens is 2. The third kappa shape index (κ3) is 3.06. The molecule has 0 radical (unpaired) electrons. The summed E-state index contributed by atoms with van der Waals surface area (Å²) in [5, 5.41) is 9.54. The van der Waals surface area contributed by atoms with Crippen LogP contribution in [0.1, 0.15) is 20.3 Å². The third-order valence-electron chi connectivity index (χ3n) is 1.87. The summed E-state index contributed by atoms with van der Waals surface area (Å²) >= 11 is 0. The maximum absolute atomic E-state index is 11.0. The van der Waals surface area contributed by atoms with Crippen molar-refractivity contribution in [2.75, 3.05) is 0 Å². The number of H-pyrrole nitrogens is 1. The molecule has 2 N–H and O–H groups in total. The number of hydrogen-bond acceptors (Lipinski definition) is 2. The molecule has 0 saturated carbocycles. The van der Waals surface area contributed by atoms with Crippen LogP contribution in [0.4, 0.5) is 0 Å². The number of imidazole rings is 1. The van der Waals surface area contributed by atoms with Crippen molar-refractivity contribution in [1.82, 2.24) is 9.55 Å². The lowest BCUT2D eigenvalue weighted by atomic mass is 10.1. The van der Waals surface area contributed by atoms with Gasteiger partial charge in [-0.3, -0.25) is 4.57 Å². The maximum atomic E-state index is 11.0. The molecule has 4 nitrogen and oxygen atoms in total. The zero-order valence-corrected chi connectivity index (χ0v) is 8.03. The Bertz CT molecular complexity index is 301. The van der Waals surface area contributed by atoms with E-state index in [-0.39, 0.29) is 5.69 Å². The van der Waals surface area contributed by atoms with E-state index in [0.717, 1.165) is 6.42 Å². The standard InChI is InChI=1S/C9H16N2O2/c1-7(2)5-8(12)6-11-4-3-10-9(11)13/h3-4,7-8,12H,5-6H2,1-2H3,(H,10,13). The molecule has 0 aliphatic rings. The Labute approximate surface area is 77.2 Å². The van der Waals surface area contributed by atoms with E-state index in [4.69, 9.17) is 0 Å². The van der Waals surface area contributed by atoms with E-state index in [2.05, 4.69) is 4.98 Å². The van der Waals surface area contributed by atoms with E-state index in [1.165, 1.54) is 4.57 Å². The fourth-order valence-electron chi connectivity index (χ4n) is 1.34. The summed E-state index contributed by atoms with van der Waals surface area (Å²) in [6.45, 7) is 4.47. The van der Waals surface area contributed by atoms with Gasteiger partial charge in [0.25, 0.3) is 0 Å². The van der Waals surface area contributed by atoms with Crippen LogP contribution in [-0.4, -0.2) is 20.8 Å². The van der Waals surface area contributed by atoms with Gasteiger partial charge in [0.2, 0.25) is 0 Å². The summed E-state index contributed by atoms with van der Waals surface area (Å²) in [4.78, 5) is 13.6. The monoisotopic (exact) mass is 184 g/mol. The van der Waals surface area contributed by atoms with Crippen molar-refractivity contribution in [3.8, 4) is 0 Å². The van der Waals surface area contributed by atoms with Gasteiger partial charge in [0, 0.05) is 12.4 Å². The second-order valence-electron chi connectivity index (χ2n) is 3.70. The van der Waals surface area contributed by atoms with E-state index >= 15 is 0 Å². The number of aromatic amines is 1. The van der Waals surface area contributed by atoms with Crippen molar-refractivity contribution < 1.29 is 5.11 Å². The predicted molar refractivity (Wildman–Crippen MR) is 50.5 cm³/mol. The number of aliphatic hydroxyl groups is 1. The highest BCUT2D eigenvalue weighted by Crippen LogP contribution is 2.05. The van der Waals surface area contributed by atoms with Crippen LogP contribution >= 0.6 is 0 Å². The van der Waals surface area contributed by atoms with Crippen molar-refractivity contribution in [2.45, 2.75) is 32.9 Å². The van der Waals surface area contributed by atoms with E-state index in [0.29, 0.717) is 12.5 Å². The molecule has 1 rings (SSSR count). The molecule has 1 atom stereocenters. The lowest BCUT2D eigenvalue weighted by Gasteiger charge is -2.12. The molecule has 0 saturated heterocycles. The molecule has 0 bridgehead atoms. The molecule has 0 aliphatic carbocycles. The summed E-state index contributed by atoms with van der Waals surface area (Å²) < 4.78 is 1.48. The molecular weight excluding hydrogens is 168 g/mol. The Morgan fingerprint density at radius 3 is 2.77 bits per heavy atom. The highest BCUT2D eigenvalue weighted by molar-refractivity contribution is 4.77. The van der Waals surface area contributed by atoms with E-state index in [9.17, 15) is 9.90 Å². The quantitative estimate of drug-likeness (QED) is 0.719. The van der Waals surface area contributed by atoms with Crippen LogP contribution in [-0.2, 0) is 6.54 Å². The second kappa shape index (κ2) is 4.28. The molecular formula is C9H16N2O2. The molecule has 1 aromatic heterocycles. The van der Waals surface area contributed by atoms with Crippen LogP contribution in [0.25, 0.3) is 0 Å². The first-order valence-electron chi connectivity index (χ1n) is 4.51. The molecule has 1 aromatic rings. The molecule has 0 spiro atoms. The lowest BCUT2D eigenvalue weighted by molar-refractivity contribution is 0.129. The van der Waals surface area contributed by atoms with Gasteiger partial charge in [0.05, 0.1) is 12.6 Å². The molecule has 74 valence electrons. The Morgan fingerprint density at radius 1 is 1.62 bits per heavy atom. The Hall–Kier alpha value is -1.03. The number of nitrogens with one attached hydrogen (secondary N) is 1. The fraction of sp³-hybridized carbons (Fsp3) is 0.667.